The van der Waals surface area contributed by atoms with E-state index in [1.54, 1.807) is 11.8 Å². The molecule has 0 radical (unpaired) electrons. The van der Waals surface area contributed by atoms with Gasteiger partial charge in [-0.25, -0.2) is 0 Å². The van der Waals surface area contributed by atoms with Gasteiger partial charge in [0.25, 0.3) is 0 Å². The Morgan fingerprint density at radius 3 is 2.53 bits per heavy atom. The van der Waals surface area contributed by atoms with E-state index in [0.29, 0.717) is 5.25 Å². The zero-order valence-corrected chi connectivity index (χ0v) is 10.1. The van der Waals surface area contributed by atoms with Crippen molar-refractivity contribution >= 4 is 11.8 Å². The van der Waals surface area contributed by atoms with Crippen LogP contribution in [0.1, 0.15) is 20.3 Å². The highest BCUT2D eigenvalue weighted by molar-refractivity contribution is 7.99. The van der Waals surface area contributed by atoms with Crippen LogP contribution in [0, 0.1) is 0 Å². The van der Waals surface area contributed by atoms with Gasteiger partial charge in [0.1, 0.15) is 0 Å². The summed E-state index contributed by atoms with van der Waals surface area (Å²) >= 11 is 1.79. The molecule has 15 heavy (non-hydrogen) atoms. The molecule has 1 rings (SSSR count). The number of rotatable bonds is 5. The fourth-order valence-corrected chi connectivity index (χ4v) is 2.74. The van der Waals surface area contributed by atoms with Crippen LogP contribution in [-0.4, -0.2) is 22.5 Å². The zero-order valence-electron chi connectivity index (χ0n) is 9.31. The van der Waals surface area contributed by atoms with E-state index < -0.39 is 5.54 Å². The number of thioether (sulfide) groups is 1. The maximum absolute atomic E-state index is 9.07. The minimum Gasteiger partial charge on any atom is -0.394 e. The predicted octanol–water partition coefficient (Wildman–Crippen LogP) is 2.27. The molecule has 2 atom stereocenters. The number of nitrogens with two attached hydrogens (primary N) is 1. The van der Waals surface area contributed by atoms with E-state index in [4.69, 9.17) is 10.8 Å². The third-order valence-electron chi connectivity index (χ3n) is 2.20. The summed E-state index contributed by atoms with van der Waals surface area (Å²) in [5, 5.41) is 9.49. The van der Waals surface area contributed by atoms with Gasteiger partial charge in [-0.2, -0.15) is 0 Å². The number of benzene rings is 1. The van der Waals surface area contributed by atoms with Gasteiger partial charge in [0, 0.05) is 15.7 Å². The van der Waals surface area contributed by atoms with Crippen LogP contribution in [0.2, 0.25) is 0 Å². The number of hydrogen-bond acceptors (Lipinski definition) is 3. The van der Waals surface area contributed by atoms with Gasteiger partial charge in [0.15, 0.2) is 0 Å². The summed E-state index contributed by atoms with van der Waals surface area (Å²) in [5.41, 5.74) is 5.44. The van der Waals surface area contributed by atoms with Crippen LogP contribution in [0.15, 0.2) is 35.2 Å². The normalized spacial score (nSPS) is 17.1. The summed E-state index contributed by atoms with van der Waals surface area (Å²) in [6.07, 6.45) is 0.809. The first kappa shape index (κ1) is 12.6. The molecule has 0 saturated heterocycles. The van der Waals surface area contributed by atoms with Crippen molar-refractivity contribution in [3.05, 3.63) is 30.3 Å². The van der Waals surface area contributed by atoms with Gasteiger partial charge in [0.2, 0.25) is 0 Å². The third kappa shape index (κ3) is 4.69. The summed E-state index contributed by atoms with van der Waals surface area (Å²) in [5.74, 6) is 0. The van der Waals surface area contributed by atoms with E-state index in [9.17, 15) is 0 Å². The molecule has 0 aromatic heterocycles. The van der Waals surface area contributed by atoms with Crippen molar-refractivity contribution in [2.75, 3.05) is 6.61 Å². The second kappa shape index (κ2) is 5.54. The van der Waals surface area contributed by atoms with Gasteiger partial charge >= 0.3 is 0 Å². The van der Waals surface area contributed by atoms with Crippen LogP contribution in [-0.2, 0) is 0 Å². The summed E-state index contributed by atoms with van der Waals surface area (Å²) in [6, 6.07) is 10.3. The molecule has 0 aliphatic heterocycles. The molecule has 0 aliphatic rings. The number of aliphatic hydroxyl groups is 1. The van der Waals surface area contributed by atoms with Crippen LogP contribution in [0.4, 0.5) is 0 Å². The fraction of sp³-hybridized carbons (Fsp3) is 0.500. The molecule has 0 bridgehead atoms. The largest absolute Gasteiger partial charge is 0.394 e. The lowest BCUT2D eigenvalue weighted by atomic mass is 9.99. The van der Waals surface area contributed by atoms with Crippen molar-refractivity contribution in [3.63, 3.8) is 0 Å². The molecule has 1 aromatic carbocycles. The molecule has 0 amide bonds. The minimum atomic E-state index is -0.471. The fourth-order valence-electron chi connectivity index (χ4n) is 1.49. The van der Waals surface area contributed by atoms with E-state index in [1.807, 2.05) is 25.1 Å². The average molecular weight is 225 g/mol. The highest BCUT2D eigenvalue weighted by Gasteiger charge is 2.20. The van der Waals surface area contributed by atoms with Gasteiger partial charge in [-0.3, -0.25) is 0 Å². The van der Waals surface area contributed by atoms with Crippen LogP contribution in [0.25, 0.3) is 0 Å². The maximum atomic E-state index is 9.07. The first-order valence-corrected chi connectivity index (χ1v) is 6.03. The molecule has 1 aromatic rings. The molecule has 0 saturated carbocycles. The number of hydrogen-bond donors (Lipinski definition) is 2. The SMILES string of the molecule is CC(CC(C)(N)CO)Sc1ccccc1. The van der Waals surface area contributed by atoms with Gasteiger partial charge in [0.05, 0.1) is 6.61 Å². The highest BCUT2D eigenvalue weighted by Crippen LogP contribution is 2.27. The molecule has 3 N–H and O–H groups in total. The molecule has 0 heterocycles. The summed E-state index contributed by atoms with van der Waals surface area (Å²) in [4.78, 5) is 1.25. The van der Waals surface area contributed by atoms with Crippen molar-refractivity contribution < 1.29 is 5.11 Å². The second-order valence-corrected chi connectivity index (χ2v) is 5.77. The minimum absolute atomic E-state index is 0.0344. The molecule has 0 fully saturated rings. The van der Waals surface area contributed by atoms with Gasteiger partial charge < -0.3 is 10.8 Å². The molecular weight excluding hydrogens is 206 g/mol. The Kier molecular flexibility index (Phi) is 4.64. The Labute approximate surface area is 95.9 Å². The van der Waals surface area contributed by atoms with E-state index in [2.05, 4.69) is 19.1 Å². The lowest BCUT2D eigenvalue weighted by molar-refractivity contribution is 0.201. The predicted molar refractivity (Wildman–Crippen MR) is 66.1 cm³/mol. The van der Waals surface area contributed by atoms with Crippen molar-refractivity contribution in [1.82, 2.24) is 0 Å². The maximum Gasteiger partial charge on any atom is 0.0608 e. The lowest BCUT2D eigenvalue weighted by Gasteiger charge is -2.25. The standard InChI is InChI=1S/C12H19NOS/c1-10(8-12(2,13)9-14)15-11-6-4-3-5-7-11/h3-7,10,14H,8-9,13H2,1-2H3. The molecule has 3 heteroatoms. The Bertz CT molecular complexity index is 287. The van der Waals surface area contributed by atoms with Crippen LogP contribution < -0.4 is 5.73 Å². The second-order valence-electron chi connectivity index (χ2n) is 4.26. The summed E-state index contributed by atoms with van der Waals surface area (Å²) in [6.45, 7) is 4.06. The van der Waals surface area contributed by atoms with Crippen molar-refractivity contribution in [1.29, 1.82) is 0 Å². The van der Waals surface area contributed by atoms with Crippen LogP contribution in [0.3, 0.4) is 0 Å². The first-order valence-electron chi connectivity index (χ1n) is 5.15. The zero-order chi connectivity index (χ0) is 11.3. The summed E-state index contributed by atoms with van der Waals surface area (Å²) < 4.78 is 0. The van der Waals surface area contributed by atoms with Gasteiger partial charge in [-0.1, -0.05) is 25.1 Å². The van der Waals surface area contributed by atoms with Crippen molar-refractivity contribution in [2.24, 2.45) is 5.73 Å². The molecular formula is C12H19NOS. The van der Waals surface area contributed by atoms with E-state index in [-0.39, 0.29) is 6.61 Å². The van der Waals surface area contributed by atoms with E-state index in [0.717, 1.165) is 6.42 Å². The van der Waals surface area contributed by atoms with E-state index in [1.165, 1.54) is 4.90 Å². The van der Waals surface area contributed by atoms with Crippen molar-refractivity contribution in [2.45, 2.75) is 36.0 Å². The van der Waals surface area contributed by atoms with Crippen molar-refractivity contribution in [3.8, 4) is 0 Å². The van der Waals surface area contributed by atoms with Gasteiger partial charge in [-0.15, -0.1) is 11.8 Å². The monoisotopic (exact) mass is 225 g/mol. The van der Waals surface area contributed by atoms with Gasteiger partial charge in [-0.05, 0) is 25.5 Å². The molecule has 84 valence electrons. The average Bonchev–Trinajstić information content (AvgIpc) is 2.18. The Morgan fingerprint density at radius 1 is 1.40 bits per heavy atom. The lowest BCUT2D eigenvalue weighted by Crippen LogP contribution is -2.42. The molecule has 2 nitrogen and oxygen atoms in total. The smallest absolute Gasteiger partial charge is 0.0608 e. The Balaban J connectivity index is 2.46. The topological polar surface area (TPSA) is 46.2 Å². The Morgan fingerprint density at radius 2 is 2.00 bits per heavy atom. The molecule has 0 spiro atoms. The highest BCUT2D eigenvalue weighted by atomic mass is 32.2. The summed E-state index contributed by atoms with van der Waals surface area (Å²) in [7, 11) is 0. The Hall–Kier alpha value is -0.510. The van der Waals surface area contributed by atoms with Crippen LogP contribution in [0.5, 0.6) is 0 Å². The molecule has 2 unspecified atom stereocenters. The molecule has 0 aliphatic carbocycles. The van der Waals surface area contributed by atoms with Crippen LogP contribution >= 0.6 is 11.8 Å². The third-order valence-corrected chi connectivity index (χ3v) is 3.31. The number of aliphatic hydroxyl groups excluding tert-OH is 1. The van der Waals surface area contributed by atoms with E-state index >= 15 is 0 Å². The quantitative estimate of drug-likeness (QED) is 0.756. The first-order chi connectivity index (χ1) is 7.03.